The van der Waals surface area contributed by atoms with Crippen LogP contribution < -0.4 is 5.32 Å². The number of amidine groups is 1. The minimum atomic E-state index is -0.00887. The number of nitrogens with one attached hydrogen (secondary N) is 1. The minimum Gasteiger partial charge on any atom is -0.342 e. The molecule has 1 saturated heterocycles. The van der Waals surface area contributed by atoms with Gasteiger partial charge in [0.25, 0.3) is 0 Å². The first kappa shape index (κ1) is 13.4. The van der Waals surface area contributed by atoms with Crippen LogP contribution in [0.1, 0.15) is 32.6 Å². The molecule has 0 radical (unpaired) electrons. The summed E-state index contributed by atoms with van der Waals surface area (Å²) in [5.74, 6) is 0.506. The van der Waals surface area contributed by atoms with Crippen LogP contribution in [-0.4, -0.2) is 46.8 Å². The topological polar surface area (TPSA) is 61.8 Å². The fourth-order valence-electron chi connectivity index (χ4n) is 2.15. The monoisotopic (exact) mass is 269 g/mol. The highest BCUT2D eigenvalue weighted by Crippen LogP contribution is 2.14. The Labute approximate surface area is 111 Å². The molecule has 0 bridgehead atoms. The molecule has 2 rings (SSSR count). The Morgan fingerprint density at radius 3 is 2.83 bits per heavy atom. The molecule has 1 atom stereocenters. The zero-order valence-electron chi connectivity index (χ0n) is 10.6. The fraction of sp³-hybridized carbons (Fsp3) is 0.750. The number of likely N-dealkylation sites (tertiary alicyclic amines) is 1. The van der Waals surface area contributed by atoms with Crippen molar-refractivity contribution in [3.63, 3.8) is 0 Å². The standard InChI is InChI=1S/C12H19N3O2S/c1-9-7-10(16)14-12(13-9)18-8-11(17)15-5-3-2-4-6-15/h9H,2-8H2,1H3,(H,13,14,16)/t9-/m0/s1. The summed E-state index contributed by atoms with van der Waals surface area (Å²) < 4.78 is 0. The number of piperidine rings is 1. The van der Waals surface area contributed by atoms with Gasteiger partial charge >= 0.3 is 0 Å². The lowest BCUT2D eigenvalue weighted by atomic mass is 10.1. The smallest absolute Gasteiger partial charge is 0.233 e. The van der Waals surface area contributed by atoms with Gasteiger partial charge in [-0.3, -0.25) is 14.6 Å². The minimum absolute atomic E-state index is 0.00887. The summed E-state index contributed by atoms with van der Waals surface area (Å²) in [5, 5.41) is 3.30. The van der Waals surface area contributed by atoms with Crippen LogP contribution in [0.15, 0.2) is 4.99 Å². The number of carbonyl (C=O) groups excluding carboxylic acids is 2. The quantitative estimate of drug-likeness (QED) is 0.813. The van der Waals surface area contributed by atoms with E-state index in [0.29, 0.717) is 17.3 Å². The number of amides is 2. The molecule has 0 aliphatic carbocycles. The molecule has 0 aromatic carbocycles. The molecule has 0 saturated carbocycles. The first-order valence-corrected chi connectivity index (χ1v) is 7.42. The van der Waals surface area contributed by atoms with E-state index in [-0.39, 0.29) is 17.9 Å². The first-order chi connectivity index (χ1) is 8.65. The number of nitrogens with zero attached hydrogens (tertiary/aromatic N) is 2. The van der Waals surface area contributed by atoms with E-state index >= 15 is 0 Å². The summed E-state index contributed by atoms with van der Waals surface area (Å²) in [6, 6.07) is 0.0198. The number of rotatable bonds is 2. The second-order valence-electron chi connectivity index (χ2n) is 4.77. The van der Waals surface area contributed by atoms with Crippen molar-refractivity contribution in [3.05, 3.63) is 0 Å². The number of carbonyl (C=O) groups is 2. The van der Waals surface area contributed by atoms with E-state index < -0.39 is 0 Å². The van der Waals surface area contributed by atoms with Gasteiger partial charge in [0, 0.05) is 19.5 Å². The highest BCUT2D eigenvalue weighted by molar-refractivity contribution is 8.14. The second-order valence-corrected chi connectivity index (χ2v) is 5.73. The van der Waals surface area contributed by atoms with E-state index in [9.17, 15) is 9.59 Å². The van der Waals surface area contributed by atoms with Crippen LogP contribution in [0.4, 0.5) is 0 Å². The van der Waals surface area contributed by atoms with E-state index in [1.807, 2.05) is 11.8 Å². The number of hydrogen-bond acceptors (Lipinski definition) is 4. The molecule has 1 fully saturated rings. The number of aliphatic imine (C=N–C) groups is 1. The van der Waals surface area contributed by atoms with Gasteiger partial charge in [-0.25, -0.2) is 0 Å². The van der Waals surface area contributed by atoms with Crippen LogP contribution in [0, 0.1) is 0 Å². The summed E-state index contributed by atoms with van der Waals surface area (Å²) >= 11 is 1.33. The maximum absolute atomic E-state index is 11.9. The molecule has 2 amide bonds. The van der Waals surface area contributed by atoms with Crippen molar-refractivity contribution in [1.29, 1.82) is 0 Å². The number of thioether (sulfide) groups is 1. The molecule has 2 aliphatic rings. The van der Waals surface area contributed by atoms with Crippen LogP contribution in [0.2, 0.25) is 0 Å². The number of hydrogen-bond donors (Lipinski definition) is 1. The predicted molar refractivity (Wildman–Crippen MR) is 72.5 cm³/mol. The highest BCUT2D eigenvalue weighted by atomic mass is 32.2. The molecular weight excluding hydrogens is 250 g/mol. The lowest BCUT2D eigenvalue weighted by molar-refractivity contribution is -0.129. The van der Waals surface area contributed by atoms with Crippen molar-refractivity contribution in [2.24, 2.45) is 4.99 Å². The van der Waals surface area contributed by atoms with Gasteiger partial charge in [-0.2, -0.15) is 0 Å². The van der Waals surface area contributed by atoms with Crippen molar-refractivity contribution >= 4 is 28.7 Å². The second kappa shape index (κ2) is 6.22. The van der Waals surface area contributed by atoms with Crippen LogP contribution >= 0.6 is 11.8 Å². The zero-order valence-corrected chi connectivity index (χ0v) is 11.5. The van der Waals surface area contributed by atoms with Gasteiger partial charge in [0.1, 0.15) is 0 Å². The molecular formula is C12H19N3O2S. The molecule has 6 heteroatoms. The average Bonchev–Trinajstić information content (AvgIpc) is 2.36. The molecule has 18 heavy (non-hydrogen) atoms. The third-order valence-corrected chi connectivity index (χ3v) is 3.98. The Hall–Kier alpha value is -1.04. The van der Waals surface area contributed by atoms with Crippen LogP contribution in [0.25, 0.3) is 0 Å². The molecule has 0 spiro atoms. The normalized spacial score (nSPS) is 24.5. The molecule has 5 nitrogen and oxygen atoms in total. The summed E-state index contributed by atoms with van der Waals surface area (Å²) in [4.78, 5) is 29.5. The molecule has 1 N–H and O–H groups in total. The molecule has 2 heterocycles. The predicted octanol–water partition coefficient (Wildman–Crippen LogP) is 0.996. The Morgan fingerprint density at radius 1 is 1.44 bits per heavy atom. The molecule has 2 aliphatic heterocycles. The average molecular weight is 269 g/mol. The van der Waals surface area contributed by atoms with Gasteiger partial charge in [0.15, 0.2) is 5.17 Å². The Morgan fingerprint density at radius 2 is 2.17 bits per heavy atom. The molecule has 0 unspecified atom stereocenters. The lowest BCUT2D eigenvalue weighted by Crippen LogP contribution is -2.39. The van der Waals surface area contributed by atoms with E-state index in [0.717, 1.165) is 25.9 Å². The largest absolute Gasteiger partial charge is 0.342 e. The van der Waals surface area contributed by atoms with E-state index in [4.69, 9.17) is 0 Å². The van der Waals surface area contributed by atoms with E-state index in [1.165, 1.54) is 18.2 Å². The van der Waals surface area contributed by atoms with Gasteiger partial charge in [-0.1, -0.05) is 11.8 Å². The highest BCUT2D eigenvalue weighted by Gasteiger charge is 2.21. The maximum Gasteiger partial charge on any atom is 0.233 e. The van der Waals surface area contributed by atoms with Gasteiger partial charge in [0.05, 0.1) is 11.8 Å². The van der Waals surface area contributed by atoms with Crippen LogP contribution in [0.3, 0.4) is 0 Å². The first-order valence-electron chi connectivity index (χ1n) is 6.43. The van der Waals surface area contributed by atoms with Crippen molar-refractivity contribution in [2.45, 2.75) is 38.6 Å². The maximum atomic E-state index is 11.9. The Balaban J connectivity index is 1.80. The van der Waals surface area contributed by atoms with Crippen LogP contribution in [-0.2, 0) is 9.59 Å². The molecule has 0 aromatic rings. The molecule has 0 aromatic heterocycles. The molecule has 100 valence electrons. The lowest BCUT2D eigenvalue weighted by Gasteiger charge is -2.26. The summed E-state index contributed by atoms with van der Waals surface area (Å²) in [6.45, 7) is 3.65. The Bertz CT molecular complexity index is 364. The van der Waals surface area contributed by atoms with Crippen molar-refractivity contribution < 1.29 is 9.59 Å². The SMILES string of the molecule is C[C@H]1CC(=O)NC(SCC(=O)N2CCCCC2)=N1. The van der Waals surface area contributed by atoms with Crippen molar-refractivity contribution in [1.82, 2.24) is 10.2 Å². The zero-order chi connectivity index (χ0) is 13.0. The summed E-state index contributed by atoms with van der Waals surface area (Å²) in [7, 11) is 0. The van der Waals surface area contributed by atoms with Gasteiger partial charge in [-0.05, 0) is 26.2 Å². The van der Waals surface area contributed by atoms with Crippen LogP contribution in [0.5, 0.6) is 0 Å². The Kier molecular flexibility index (Phi) is 4.63. The fourth-order valence-corrected chi connectivity index (χ4v) is 3.04. The van der Waals surface area contributed by atoms with Gasteiger partial charge < -0.3 is 10.2 Å². The summed E-state index contributed by atoms with van der Waals surface area (Å²) in [6.07, 6.45) is 3.86. The van der Waals surface area contributed by atoms with E-state index in [2.05, 4.69) is 10.3 Å². The third-order valence-electron chi connectivity index (χ3n) is 3.11. The van der Waals surface area contributed by atoms with Crippen molar-refractivity contribution in [2.75, 3.05) is 18.8 Å². The van der Waals surface area contributed by atoms with Crippen molar-refractivity contribution in [3.8, 4) is 0 Å². The third kappa shape index (κ3) is 3.73. The van der Waals surface area contributed by atoms with Gasteiger partial charge in [0.2, 0.25) is 11.8 Å². The summed E-state index contributed by atoms with van der Waals surface area (Å²) in [5.41, 5.74) is 0. The van der Waals surface area contributed by atoms with E-state index in [1.54, 1.807) is 0 Å². The van der Waals surface area contributed by atoms with Gasteiger partial charge in [-0.15, -0.1) is 0 Å².